The van der Waals surface area contributed by atoms with E-state index in [0.717, 1.165) is 5.75 Å². The highest BCUT2D eigenvalue weighted by molar-refractivity contribution is 7.89. The van der Waals surface area contributed by atoms with Crippen molar-refractivity contribution in [2.45, 2.75) is 38.8 Å². The first kappa shape index (κ1) is 20.2. The molecule has 150 valence electrons. The van der Waals surface area contributed by atoms with Gasteiger partial charge in [-0.2, -0.15) is 9.40 Å². The van der Waals surface area contributed by atoms with E-state index in [4.69, 9.17) is 9.15 Å². The average Bonchev–Trinajstić information content (AvgIpc) is 3.24. The smallest absolute Gasteiger partial charge is 0.246 e. The summed E-state index contributed by atoms with van der Waals surface area (Å²) in [6, 6.07) is 11.3. The molecule has 7 nitrogen and oxygen atoms in total. The van der Waals surface area contributed by atoms with E-state index in [9.17, 15) is 8.42 Å². The van der Waals surface area contributed by atoms with Crippen molar-refractivity contribution in [1.82, 2.24) is 14.1 Å². The molecule has 0 atom stereocenters. The Hall–Kier alpha value is -2.58. The van der Waals surface area contributed by atoms with Gasteiger partial charge >= 0.3 is 0 Å². The topological polar surface area (TPSA) is 77.6 Å². The van der Waals surface area contributed by atoms with Crippen molar-refractivity contribution >= 4 is 10.0 Å². The fourth-order valence-corrected chi connectivity index (χ4v) is 4.52. The Morgan fingerprint density at radius 1 is 1.14 bits per heavy atom. The van der Waals surface area contributed by atoms with Crippen molar-refractivity contribution in [3.8, 4) is 5.75 Å². The molecule has 0 amide bonds. The van der Waals surface area contributed by atoms with Gasteiger partial charge in [-0.1, -0.05) is 17.7 Å². The number of nitrogens with zero attached hydrogens (tertiary/aromatic N) is 3. The maximum atomic E-state index is 13.0. The highest BCUT2D eigenvalue weighted by Gasteiger charge is 2.29. The van der Waals surface area contributed by atoms with E-state index in [1.807, 2.05) is 31.2 Å². The van der Waals surface area contributed by atoms with Crippen molar-refractivity contribution < 1.29 is 17.6 Å². The first-order chi connectivity index (χ1) is 13.3. The van der Waals surface area contributed by atoms with E-state index in [0.29, 0.717) is 30.3 Å². The molecular weight excluding hydrogens is 378 g/mol. The largest absolute Gasteiger partial charge is 0.492 e. The summed E-state index contributed by atoms with van der Waals surface area (Å²) in [4.78, 5) is 0.233. The Bertz CT molecular complexity index is 1020. The summed E-state index contributed by atoms with van der Waals surface area (Å²) in [5, 5.41) is 4.41. The van der Waals surface area contributed by atoms with Crippen molar-refractivity contribution in [3.63, 3.8) is 0 Å². The Kier molecular flexibility index (Phi) is 5.90. The molecule has 0 aliphatic heterocycles. The van der Waals surface area contributed by atoms with Gasteiger partial charge in [-0.25, -0.2) is 8.42 Å². The number of hydrogen-bond acceptors (Lipinski definition) is 5. The zero-order valence-corrected chi connectivity index (χ0v) is 17.4. The molecule has 0 spiro atoms. The predicted octanol–water partition coefficient (Wildman–Crippen LogP) is 3.30. The van der Waals surface area contributed by atoms with E-state index in [1.165, 1.54) is 23.2 Å². The molecule has 3 rings (SSSR count). The first-order valence-corrected chi connectivity index (χ1v) is 10.4. The van der Waals surface area contributed by atoms with Gasteiger partial charge in [0, 0.05) is 7.05 Å². The van der Waals surface area contributed by atoms with Crippen LogP contribution in [-0.2, 0) is 23.1 Å². The van der Waals surface area contributed by atoms with Gasteiger partial charge in [-0.3, -0.25) is 4.68 Å². The molecule has 0 radical (unpaired) electrons. The van der Waals surface area contributed by atoms with Crippen LogP contribution < -0.4 is 4.74 Å². The summed E-state index contributed by atoms with van der Waals surface area (Å²) in [6.45, 7) is 6.50. The van der Waals surface area contributed by atoms with E-state index in [1.54, 1.807) is 30.7 Å². The predicted molar refractivity (Wildman–Crippen MR) is 106 cm³/mol. The highest BCUT2D eigenvalue weighted by atomic mass is 32.2. The summed E-state index contributed by atoms with van der Waals surface area (Å²) >= 11 is 0. The lowest BCUT2D eigenvalue weighted by molar-refractivity contribution is 0.289. The summed E-state index contributed by atoms with van der Waals surface area (Å²) in [6.07, 6.45) is 1.53. The van der Waals surface area contributed by atoms with Gasteiger partial charge in [0.2, 0.25) is 10.0 Å². The molecule has 0 bridgehead atoms. The van der Waals surface area contributed by atoms with Crippen LogP contribution in [-0.4, -0.2) is 36.2 Å². The molecule has 0 saturated carbocycles. The molecule has 0 aliphatic rings. The Morgan fingerprint density at radius 2 is 1.86 bits per heavy atom. The molecule has 0 fully saturated rings. The Labute approximate surface area is 165 Å². The fourth-order valence-electron chi connectivity index (χ4n) is 3.02. The van der Waals surface area contributed by atoms with Crippen LogP contribution in [0.4, 0.5) is 0 Å². The molecule has 0 saturated heterocycles. The maximum Gasteiger partial charge on any atom is 0.246 e. The average molecular weight is 404 g/mol. The molecule has 28 heavy (non-hydrogen) atoms. The summed E-state index contributed by atoms with van der Waals surface area (Å²) in [5.74, 6) is 1.36. The molecule has 1 aromatic carbocycles. The summed E-state index contributed by atoms with van der Waals surface area (Å²) < 4.78 is 40.0. The maximum absolute atomic E-state index is 13.0. The molecule has 0 aliphatic carbocycles. The van der Waals surface area contributed by atoms with Gasteiger partial charge in [0.05, 0.1) is 30.7 Å². The quantitative estimate of drug-likeness (QED) is 0.577. The van der Waals surface area contributed by atoms with Crippen molar-refractivity contribution in [3.05, 3.63) is 65.4 Å². The summed E-state index contributed by atoms with van der Waals surface area (Å²) in [5.41, 5.74) is 2.23. The fraction of sp³-hybridized carbons (Fsp3) is 0.350. The van der Waals surface area contributed by atoms with Gasteiger partial charge in [0.15, 0.2) is 0 Å². The second kappa shape index (κ2) is 8.20. The Balaban J connectivity index is 1.72. The number of benzene rings is 1. The third-order valence-corrected chi connectivity index (χ3v) is 6.59. The van der Waals surface area contributed by atoms with Crippen molar-refractivity contribution in [2.24, 2.45) is 0 Å². The van der Waals surface area contributed by atoms with Gasteiger partial charge in [-0.05, 0) is 45.0 Å². The number of aromatic nitrogens is 2. The monoisotopic (exact) mass is 403 g/mol. The lowest BCUT2D eigenvalue weighted by Crippen LogP contribution is -2.27. The second-order valence-corrected chi connectivity index (χ2v) is 8.71. The van der Waals surface area contributed by atoms with Crippen LogP contribution in [0.15, 0.2) is 52.0 Å². The van der Waals surface area contributed by atoms with Crippen LogP contribution in [0.1, 0.15) is 22.7 Å². The van der Waals surface area contributed by atoms with E-state index < -0.39 is 10.0 Å². The minimum Gasteiger partial charge on any atom is -0.492 e. The number of sulfonamides is 1. The third-order valence-electron chi connectivity index (χ3n) is 4.53. The number of ether oxygens (including phenoxy) is 1. The normalized spacial score (nSPS) is 11.9. The molecule has 3 aromatic rings. The number of aryl methyl sites for hydroxylation is 2. The minimum absolute atomic E-state index is 0.163. The molecule has 8 heteroatoms. The van der Waals surface area contributed by atoms with E-state index >= 15 is 0 Å². The van der Waals surface area contributed by atoms with Gasteiger partial charge < -0.3 is 9.15 Å². The minimum atomic E-state index is -3.69. The zero-order valence-electron chi connectivity index (χ0n) is 16.5. The first-order valence-electron chi connectivity index (χ1n) is 9.01. The van der Waals surface area contributed by atoms with Crippen LogP contribution in [0.2, 0.25) is 0 Å². The number of hydrogen-bond donors (Lipinski definition) is 0. The SMILES string of the molecule is Cc1ccc(OCCn2nc(C)c(S(=O)(=O)N(C)Cc3ccco3)c2C)cc1. The van der Waals surface area contributed by atoms with Crippen LogP contribution in [0, 0.1) is 20.8 Å². The summed E-state index contributed by atoms with van der Waals surface area (Å²) in [7, 11) is -2.15. The molecule has 2 heterocycles. The lowest BCUT2D eigenvalue weighted by Gasteiger charge is -2.16. The highest BCUT2D eigenvalue weighted by Crippen LogP contribution is 2.24. The molecular formula is C20H25N3O4S. The van der Waals surface area contributed by atoms with Crippen molar-refractivity contribution in [2.75, 3.05) is 13.7 Å². The van der Waals surface area contributed by atoms with Crippen LogP contribution >= 0.6 is 0 Å². The van der Waals surface area contributed by atoms with E-state index in [2.05, 4.69) is 5.10 Å². The third kappa shape index (κ3) is 4.28. The number of furan rings is 1. The van der Waals surface area contributed by atoms with Gasteiger partial charge in [0.1, 0.15) is 23.0 Å². The lowest BCUT2D eigenvalue weighted by atomic mass is 10.2. The Morgan fingerprint density at radius 3 is 2.50 bits per heavy atom. The number of rotatable bonds is 8. The zero-order chi connectivity index (χ0) is 20.3. The molecule has 0 N–H and O–H groups in total. The van der Waals surface area contributed by atoms with Gasteiger partial charge in [0.25, 0.3) is 0 Å². The van der Waals surface area contributed by atoms with Crippen LogP contribution in [0.5, 0.6) is 5.75 Å². The second-order valence-electron chi connectivity index (χ2n) is 6.73. The van der Waals surface area contributed by atoms with Crippen molar-refractivity contribution in [1.29, 1.82) is 0 Å². The molecule has 2 aromatic heterocycles. The standard InChI is InChI=1S/C20H25N3O4S/c1-15-7-9-18(10-8-15)27-13-11-23-17(3)20(16(2)21-23)28(24,25)22(4)14-19-6-5-12-26-19/h5-10,12H,11,13-14H2,1-4H3. The van der Waals surface area contributed by atoms with Crippen LogP contribution in [0.25, 0.3) is 0 Å². The van der Waals surface area contributed by atoms with Crippen LogP contribution in [0.3, 0.4) is 0 Å². The van der Waals surface area contributed by atoms with Gasteiger partial charge in [-0.15, -0.1) is 0 Å². The molecule has 0 unspecified atom stereocenters. The van der Waals surface area contributed by atoms with E-state index in [-0.39, 0.29) is 11.4 Å².